The largest absolute Gasteiger partial charge is 0.233 e. The SMILES string of the molecule is O=S=CCCCCCN=C=S. The third-order valence-corrected chi connectivity index (χ3v) is 1.73. The highest BCUT2D eigenvalue weighted by molar-refractivity contribution is 7.78. The first-order valence-corrected chi connectivity index (χ1v) is 4.77. The lowest BCUT2D eigenvalue weighted by molar-refractivity contribution is 0.699. The molecule has 4 heteroatoms. The van der Waals surface area contributed by atoms with E-state index in [1.807, 2.05) is 0 Å². The van der Waals surface area contributed by atoms with Crippen molar-refractivity contribution in [3.05, 3.63) is 0 Å². The second kappa shape index (κ2) is 9.69. The Hall–Kier alpha value is -0.310. The number of isothiocyanates is 1. The van der Waals surface area contributed by atoms with Crippen molar-refractivity contribution in [2.24, 2.45) is 4.99 Å². The number of unbranched alkanes of at least 4 members (excludes halogenated alkanes) is 3. The predicted octanol–water partition coefficient (Wildman–Crippen LogP) is 1.66. The highest BCUT2D eigenvalue weighted by atomic mass is 32.1. The van der Waals surface area contributed by atoms with E-state index in [1.165, 1.54) is 0 Å². The zero-order chi connectivity index (χ0) is 8.36. The van der Waals surface area contributed by atoms with Crippen LogP contribution in [0, 0.1) is 0 Å². The van der Waals surface area contributed by atoms with Gasteiger partial charge in [0.05, 0.1) is 16.4 Å². The molecule has 0 atom stereocenters. The van der Waals surface area contributed by atoms with Gasteiger partial charge < -0.3 is 0 Å². The van der Waals surface area contributed by atoms with Gasteiger partial charge >= 0.3 is 0 Å². The highest BCUT2D eigenvalue weighted by Crippen LogP contribution is 1.97. The van der Waals surface area contributed by atoms with Gasteiger partial charge in [-0.15, -0.1) is 0 Å². The molecule has 0 aromatic carbocycles. The molecule has 0 aliphatic heterocycles. The number of rotatable bonds is 6. The first-order chi connectivity index (χ1) is 5.41. The predicted molar refractivity (Wildman–Crippen MR) is 52.6 cm³/mol. The summed E-state index contributed by atoms with van der Waals surface area (Å²) in [4.78, 5) is 3.78. The summed E-state index contributed by atoms with van der Waals surface area (Å²) in [5.41, 5.74) is 0. The topological polar surface area (TPSA) is 29.4 Å². The van der Waals surface area contributed by atoms with Crippen molar-refractivity contribution in [2.45, 2.75) is 25.7 Å². The molecule has 0 fully saturated rings. The van der Waals surface area contributed by atoms with Crippen molar-refractivity contribution in [1.82, 2.24) is 0 Å². The van der Waals surface area contributed by atoms with Gasteiger partial charge in [-0.3, -0.25) is 0 Å². The van der Waals surface area contributed by atoms with Crippen LogP contribution < -0.4 is 0 Å². The average Bonchev–Trinajstić information content (AvgIpc) is 2.03. The molecule has 0 bridgehead atoms. The van der Waals surface area contributed by atoms with E-state index in [4.69, 9.17) is 0 Å². The first-order valence-electron chi connectivity index (χ1n) is 3.55. The summed E-state index contributed by atoms with van der Waals surface area (Å²) in [5.74, 6) is 0. The Kier molecular flexibility index (Phi) is 9.42. The molecule has 0 saturated carbocycles. The molecule has 0 spiro atoms. The van der Waals surface area contributed by atoms with Crippen LogP contribution in [0.4, 0.5) is 0 Å². The molecule has 0 aliphatic carbocycles. The normalized spacial score (nSPS) is 8.36. The molecular formula is C7H11NOS2. The van der Waals surface area contributed by atoms with Gasteiger partial charge in [0, 0.05) is 11.9 Å². The van der Waals surface area contributed by atoms with Crippen molar-refractivity contribution in [2.75, 3.05) is 6.54 Å². The van der Waals surface area contributed by atoms with E-state index in [0.29, 0.717) is 11.3 Å². The summed E-state index contributed by atoms with van der Waals surface area (Å²) in [6, 6.07) is 0. The number of hydrogen-bond acceptors (Lipinski definition) is 3. The summed E-state index contributed by atoms with van der Waals surface area (Å²) >= 11 is 4.95. The second-order valence-corrected chi connectivity index (χ2v) is 2.79. The van der Waals surface area contributed by atoms with E-state index in [2.05, 4.69) is 22.4 Å². The van der Waals surface area contributed by atoms with Crippen LogP contribution in [0.1, 0.15) is 25.7 Å². The zero-order valence-electron chi connectivity index (χ0n) is 6.28. The van der Waals surface area contributed by atoms with Crippen LogP contribution in [0.3, 0.4) is 0 Å². The number of nitrogens with zero attached hydrogens (tertiary/aromatic N) is 1. The van der Waals surface area contributed by atoms with E-state index >= 15 is 0 Å². The van der Waals surface area contributed by atoms with E-state index in [9.17, 15) is 4.21 Å². The van der Waals surface area contributed by atoms with Crippen molar-refractivity contribution in [3.8, 4) is 0 Å². The van der Waals surface area contributed by atoms with Crippen LogP contribution in [0.2, 0.25) is 0 Å². The summed E-state index contributed by atoms with van der Waals surface area (Å²) in [5, 5.41) is 4.00. The number of aliphatic imine (C=N–C) groups is 1. The molecule has 0 rings (SSSR count). The fourth-order valence-corrected chi connectivity index (χ4v) is 1.04. The maximum atomic E-state index is 9.88. The minimum Gasteiger partial charge on any atom is -0.233 e. The Morgan fingerprint density at radius 2 is 2.27 bits per heavy atom. The van der Waals surface area contributed by atoms with Gasteiger partial charge in [0.1, 0.15) is 0 Å². The van der Waals surface area contributed by atoms with Gasteiger partial charge in [-0.05, 0) is 31.5 Å². The average molecular weight is 189 g/mol. The fourth-order valence-electron chi connectivity index (χ4n) is 0.689. The molecule has 2 nitrogen and oxygen atoms in total. The van der Waals surface area contributed by atoms with Gasteiger partial charge in [-0.25, -0.2) is 9.20 Å². The molecule has 0 amide bonds. The molecule has 0 heterocycles. The van der Waals surface area contributed by atoms with E-state index in [1.54, 1.807) is 5.37 Å². The molecule has 0 N–H and O–H groups in total. The first kappa shape index (κ1) is 10.7. The standard InChI is InChI=1S/C7H11NOS2/c9-11-6-4-2-1-3-5-8-7-10/h6H,1-5H2. The lowest BCUT2D eigenvalue weighted by Crippen LogP contribution is -1.82. The van der Waals surface area contributed by atoms with Crippen LogP contribution in [-0.2, 0) is 11.3 Å². The molecule has 0 aromatic rings. The van der Waals surface area contributed by atoms with Gasteiger partial charge in [0.15, 0.2) is 0 Å². The minimum absolute atomic E-state index is 0.542. The maximum absolute atomic E-state index is 9.88. The molecule has 0 aliphatic rings. The molecule has 62 valence electrons. The lowest BCUT2D eigenvalue weighted by atomic mass is 10.2. The summed E-state index contributed by atoms with van der Waals surface area (Å²) in [6.07, 6.45) is 4.12. The fraction of sp³-hybridized carbons (Fsp3) is 0.714. The van der Waals surface area contributed by atoms with Crippen LogP contribution >= 0.6 is 12.2 Å². The summed E-state index contributed by atoms with van der Waals surface area (Å²) in [6.45, 7) is 0.772. The van der Waals surface area contributed by atoms with E-state index in [-0.39, 0.29) is 0 Å². The Morgan fingerprint density at radius 3 is 2.91 bits per heavy atom. The zero-order valence-corrected chi connectivity index (χ0v) is 7.92. The van der Waals surface area contributed by atoms with Gasteiger partial charge in [-0.2, -0.15) is 0 Å². The minimum atomic E-state index is 0.542. The smallest absolute Gasteiger partial charge is 0.0841 e. The maximum Gasteiger partial charge on any atom is 0.0841 e. The highest BCUT2D eigenvalue weighted by Gasteiger charge is 1.85. The van der Waals surface area contributed by atoms with Crippen molar-refractivity contribution < 1.29 is 4.21 Å². The van der Waals surface area contributed by atoms with Crippen molar-refractivity contribution >= 4 is 34.0 Å². The molecule has 11 heavy (non-hydrogen) atoms. The lowest BCUT2D eigenvalue weighted by Gasteiger charge is -1.91. The Bertz CT molecular complexity index is 161. The third kappa shape index (κ3) is 9.69. The number of hydrogen-bond donors (Lipinski definition) is 0. The van der Waals surface area contributed by atoms with Crippen LogP contribution in [0.15, 0.2) is 4.99 Å². The van der Waals surface area contributed by atoms with Gasteiger partial charge in [-0.1, -0.05) is 6.42 Å². The second-order valence-electron chi connectivity index (χ2n) is 2.09. The Morgan fingerprint density at radius 1 is 1.45 bits per heavy atom. The Balaban J connectivity index is 3.02. The van der Waals surface area contributed by atoms with Crippen LogP contribution in [0.25, 0.3) is 0 Å². The molecule has 0 unspecified atom stereocenters. The molecule has 0 saturated heterocycles. The molecule has 0 radical (unpaired) electrons. The van der Waals surface area contributed by atoms with Crippen molar-refractivity contribution in [3.63, 3.8) is 0 Å². The van der Waals surface area contributed by atoms with Gasteiger partial charge in [0.25, 0.3) is 0 Å². The summed E-state index contributed by atoms with van der Waals surface area (Å²) in [7, 11) is 0. The van der Waals surface area contributed by atoms with Crippen LogP contribution in [-0.4, -0.2) is 21.3 Å². The van der Waals surface area contributed by atoms with E-state index < -0.39 is 0 Å². The monoisotopic (exact) mass is 189 g/mol. The third-order valence-electron chi connectivity index (χ3n) is 1.22. The molecule has 0 aromatic heterocycles. The quantitative estimate of drug-likeness (QED) is 0.361. The molecular weight excluding hydrogens is 178 g/mol. The van der Waals surface area contributed by atoms with Crippen LogP contribution in [0.5, 0.6) is 0 Å². The van der Waals surface area contributed by atoms with Gasteiger partial charge in [0.2, 0.25) is 0 Å². The van der Waals surface area contributed by atoms with E-state index in [0.717, 1.165) is 32.2 Å². The Labute approximate surface area is 75.8 Å². The summed E-state index contributed by atoms with van der Waals surface area (Å²) < 4.78 is 9.88. The number of thiocarbonyl (C=S) groups is 1. The van der Waals surface area contributed by atoms with Crippen molar-refractivity contribution in [1.29, 1.82) is 0 Å².